The van der Waals surface area contributed by atoms with Gasteiger partial charge in [0.1, 0.15) is 5.75 Å². The van der Waals surface area contributed by atoms with Crippen molar-refractivity contribution < 1.29 is 9.53 Å². The summed E-state index contributed by atoms with van der Waals surface area (Å²) in [5.74, 6) is 1.41. The zero-order valence-electron chi connectivity index (χ0n) is 17.9. The molecule has 2 heterocycles. The Kier molecular flexibility index (Phi) is 5.42. The van der Waals surface area contributed by atoms with Gasteiger partial charge >= 0.3 is 0 Å². The molecule has 0 bridgehead atoms. The summed E-state index contributed by atoms with van der Waals surface area (Å²) in [5.41, 5.74) is 3.72. The van der Waals surface area contributed by atoms with Crippen LogP contribution in [0.15, 0.2) is 78.9 Å². The van der Waals surface area contributed by atoms with Crippen molar-refractivity contribution >= 4 is 28.3 Å². The number of anilines is 2. The van der Waals surface area contributed by atoms with Crippen LogP contribution in [0.3, 0.4) is 0 Å². The standard InChI is InChI=1S/C26H24N4O2/c1-32-21-13-11-20(12-14-21)29-15-17-30(18-16-29)26-24(25(31)19-7-3-2-4-8-19)27-22-9-5-6-10-23(22)28-26/h2-14H,15-18H2,1H3. The first-order valence-corrected chi connectivity index (χ1v) is 10.7. The summed E-state index contributed by atoms with van der Waals surface area (Å²) in [6, 6.07) is 25.1. The quantitative estimate of drug-likeness (QED) is 0.448. The molecule has 0 aliphatic carbocycles. The molecule has 0 N–H and O–H groups in total. The van der Waals surface area contributed by atoms with Crippen LogP contribution in [0.2, 0.25) is 0 Å². The predicted octanol–water partition coefficient (Wildman–Crippen LogP) is 4.20. The van der Waals surface area contributed by atoms with Gasteiger partial charge in [-0.25, -0.2) is 9.97 Å². The van der Waals surface area contributed by atoms with Crippen LogP contribution in [0.4, 0.5) is 11.5 Å². The molecule has 0 amide bonds. The lowest BCUT2D eigenvalue weighted by atomic mass is 10.1. The number of piperazine rings is 1. The molecule has 3 aromatic carbocycles. The van der Waals surface area contributed by atoms with Crippen LogP contribution in [-0.4, -0.2) is 49.0 Å². The van der Waals surface area contributed by atoms with E-state index in [0.717, 1.165) is 48.6 Å². The number of carbonyl (C=O) groups is 1. The summed E-state index contributed by atoms with van der Waals surface area (Å²) in [6.45, 7) is 3.18. The second kappa shape index (κ2) is 8.67. The van der Waals surface area contributed by atoms with Gasteiger partial charge in [-0.1, -0.05) is 42.5 Å². The number of para-hydroxylation sites is 2. The number of benzene rings is 3. The number of carbonyl (C=O) groups excluding carboxylic acids is 1. The van der Waals surface area contributed by atoms with Crippen molar-refractivity contribution in [3.8, 4) is 5.75 Å². The normalized spacial score (nSPS) is 13.9. The highest BCUT2D eigenvalue weighted by atomic mass is 16.5. The van der Waals surface area contributed by atoms with E-state index < -0.39 is 0 Å². The van der Waals surface area contributed by atoms with E-state index >= 15 is 0 Å². The Labute approximate surface area is 187 Å². The first kappa shape index (κ1) is 20.0. The first-order valence-electron chi connectivity index (χ1n) is 10.7. The van der Waals surface area contributed by atoms with E-state index in [1.165, 1.54) is 0 Å². The van der Waals surface area contributed by atoms with Gasteiger partial charge in [0.2, 0.25) is 5.78 Å². The summed E-state index contributed by atoms with van der Waals surface area (Å²) in [4.78, 5) is 27.5. The average Bonchev–Trinajstić information content (AvgIpc) is 2.88. The molecule has 1 aliphatic heterocycles. The summed E-state index contributed by atoms with van der Waals surface area (Å²) < 4.78 is 5.26. The van der Waals surface area contributed by atoms with Crippen molar-refractivity contribution in [3.63, 3.8) is 0 Å². The topological polar surface area (TPSA) is 58.6 Å². The van der Waals surface area contributed by atoms with Crippen molar-refractivity contribution in [1.82, 2.24) is 9.97 Å². The lowest BCUT2D eigenvalue weighted by Crippen LogP contribution is -2.47. The molecule has 0 unspecified atom stereocenters. The third-order valence-electron chi connectivity index (χ3n) is 5.82. The fraction of sp³-hybridized carbons (Fsp3) is 0.192. The second-order valence-electron chi connectivity index (χ2n) is 7.75. The van der Waals surface area contributed by atoms with Crippen LogP contribution >= 0.6 is 0 Å². The van der Waals surface area contributed by atoms with Crippen molar-refractivity contribution in [2.45, 2.75) is 0 Å². The van der Waals surface area contributed by atoms with Crippen LogP contribution in [0.5, 0.6) is 5.75 Å². The van der Waals surface area contributed by atoms with Crippen molar-refractivity contribution in [2.24, 2.45) is 0 Å². The molecule has 6 heteroatoms. The molecule has 1 saturated heterocycles. The first-order chi connectivity index (χ1) is 15.7. The Morgan fingerprint density at radius 2 is 1.34 bits per heavy atom. The van der Waals surface area contributed by atoms with Crippen molar-refractivity contribution in [3.05, 3.63) is 90.1 Å². The molecule has 0 radical (unpaired) electrons. The lowest BCUT2D eigenvalue weighted by molar-refractivity contribution is 0.103. The fourth-order valence-corrected chi connectivity index (χ4v) is 4.06. The van der Waals surface area contributed by atoms with Crippen LogP contribution < -0.4 is 14.5 Å². The lowest BCUT2D eigenvalue weighted by Gasteiger charge is -2.37. The van der Waals surface area contributed by atoms with E-state index in [-0.39, 0.29) is 5.78 Å². The monoisotopic (exact) mass is 424 g/mol. The molecular formula is C26H24N4O2. The van der Waals surface area contributed by atoms with Gasteiger partial charge in [-0.3, -0.25) is 4.79 Å². The van der Waals surface area contributed by atoms with Crippen LogP contribution in [0.25, 0.3) is 11.0 Å². The minimum Gasteiger partial charge on any atom is -0.497 e. The summed E-state index contributed by atoms with van der Waals surface area (Å²) in [7, 11) is 1.67. The second-order valence-corrected chi connectivity index (χ2v) is 7.75. The summed E-state index contributed by atoms with van der Waals surface area (Å²) in [5, 5.41) is 0. The number of nitrogens with zero attached hydrogens (tertiary/aromatic N) is 4. The average molecular weight is 425 g/mol. The SMILES string of the molecule is COc1ccc(N2CCN(c3nc4ccccc4nc3C(=O)c3ccccc3)CC2)cc1. The molecule has 5 rings (SSSR count). The van der Waals surface area contributed by atoms with Crippen molar-refractivity contribution in [2.75, 3.05) is 43.1 Å². The Bertz CT molecular complexity index is 1230. The molecule has 160 valence electrons. The van der Waals surface area contributed by atoms with Crippen molar-refractivity contribution in [1.29, 1.82) is 0 Å². The molecule has 0 atom stereocenters. The predicted molar refractivity (Wildman–Crippen MR) is 127 cm³/mol. The third-order valence-corrected chi connectivity index (χ3v) is 5.82. The molecule has 4 aromatic rings. The molecule has 1 aliphatic rings. The van der Waals surface area contributed by atoms with E-state index in [0.29, 0.717) is 17.1 Å². The van der Waals surface area contributed by atoms with E-state index in [1.807, 2.05) is 66.7 Å². The van der Waals surface area contributed by atoms with Gasteiger partial charge in [0, 0.05) is 37.4 Å². The zero-order valence-corrected chi connectivity index (χ0v) is 17.9. The number of methoxy groups -OCH3 is 1. The largest absolute Gasteiger partial charge is 0.497 e. The Balaban J connectivity index is 1.45. The maximum atomic E-state index is 13.3. The van der Waals surface area contributed by atoms with Crippen LogP contribution in [-0.2, 0) is 0 Å². The van der Waals surface area contributed by atoms with Gasteiger partial charge in [-0.05, 0) is 36.4 Å². The smallest absolute Gasteiger partial charge is 0.215 e. The van der Waals surface area contributed by atoms with Gasteiger partial charge < -0.3 is 14.5 Å². The Morgan fingerprint density at radius 1 is 0.750 bits per heavy atom. The minimum atomic E-state index is -0.101. The zero-order chi connectivity index (χ0) is 21.9. The highest BCUT2D eigenvalue weighted by molar-refractivity contribution is 6.11. The maximum absolute atomic E-state index is 13.3. The number of hydrogen-bond donors (Lipinski definition) is 0. The molecule has 6 nitrogen and oxygen atoms in total. The van der Waals surface area contributed by atoms with Gasteiger partial charge in [-0.2, -0.15) is 0 Å². The van der Waals surface area contributed by atoms with E-state index in [4.69, 9.17) is 14.7 Å². The Hall–Kier alpha value is -3.93. The molecular weight excluding hydrogens is 400 g/mol. The van der Waals surface area contributed by atoms with Gasteiger partial charge in [0.15, 0.2) is 11.5 Å². The van der Waals surface area contributed by atoms with Gasteiger partial charge in [-0.15, -0.1) is 0 Å². The summed E-state index contributed by atoms with van der Waals surface area (Å²) >= 11 is 0. The number of aromatic nitrogens is 2. The highest BCUT2D eigenvalue weighted by Gasteiger charge is 2.25. The fourth-order valence-electron chi connectivity index (χ4n) is 4.06. The summed E-state index contributed by atoms with van der Waals surface area (Å²) in [6.07, 6.45) is 0. The number of fused-ring (bicyclic) bond motifs is 1. The molecule has 0 saturated carbocycles. The molecule has 1 fully saturated rings. The van der Waals surface area contributed by atoms with E-state index in [1.54, 1.807) is 7.11 Å². The maximum Gasteiger partial charge on any atom is 0.215 e. The Morgan fingerprint density at radius 3 is 2.00 bits per heavy atom. The third kappa shape index (κ3) is 3.87. The van der Waals surface area contributed by atoms with E-state index in [2.05, 4.69) is 21.9 Å². The molecule has 32 heavy (non-hydrogen) atoms. The molecule has 1 aromatic heterocycles. The highest BCUT2D eigenvalue weighted by Crippen LogP contribution is 2.26. The number of ether oxygens (including phenoxy) is 1. The van der Waals surface area contributed by atoms with Crippen LogP contribution in [0.1, 0.15) is 16.1 Å². The van der Waals surface area contributed by atoms with Crippen LogP contribution in [0, 0.1) is 0 Å². The van der Waals surface area contributed by atoms with Gasteiger partial charge in [0.05, 0.1) is 18.1 Å². The van der Waals surface area contributed by atoms with Gasteiger partial charge in [0.25, 0.3) is 0 Å². The number of ketones is 1. The number of hydrogen-bond acceptors (Lipinski definition) is 6. The van der Waals surface area contributed by atoms with E-state index in [9.17, 15) is 4.79 Å². The minimum absolute atomic E-state index is 0.101. The number of rotatable bonds is 5. The molecule has 0 spiro atoms.